The minimum absolute atomic E-state index is 0.0770. The van der Waals surface area contributed by atoms with Crippen molar-refractivity contribution in [1.29, 1.82) is 0 Å². The SMILES string of the molecule is CC(=O)C1CCCC1(C)CCC(C)C(C)CC1OCC2(C)CCC(=O)C=C12. The van der Waals surface area contributed by atoms with Gasteiger partial charge in [-0.05, 0) is 74.3 Å². The van der Waals surface area contributed by atoms with Crippen LogP contribution in [-0.4, -0.2) is 24.3 Å². The normalized spacial score (nSPS) is 38.4. The van der Waals surface area contributed by atoms with Gasteiger partial charge in [0.15, 0.2) is 5.78 Å². The van der Waals surface area contributed by atoms with E-state index in [2.05, 4.69) is 27.7 Å². The van der Waals surface area contributed by atoms with Crippen molar-refractivity contribution in [2.24, 2.45) is 28.6 Å². The van der Waals surface area contributed by atoms with Gasteiger partial charge in [0, 0.05) is 17.8 Å². The van der Waals surface area contributed by atoms with E-state index in [9.17, 15) is 9.59 Å². The summed E-state index contributed by atoms with van der Waals surface area (Å²) in [5.41, 5.74) is 1.52. The van der Waals surface area contributed by atoms with Crippen molar-refractivity contribution in [3.8, 4) is 0 Å². The van der Waals surface area contributed by atoms with E-state index in [1.165, 1.54) is 24.8 Å². The zero-order chi connectivity index (χ0) is 19.8. The second-order valence-corrected chi connectivity index (χ2v) is 10.4. The number of hydrogen-bond donors (Lipinski definition) is 0. The van der Waals surface area contributed by atoms with Crippen LogP contribution in [-0.2, 0) is 14.3 Å². The molecule has 6 unspecified atom stereocenters. The highest BCUT2D eigenvalue weighted by molar-refractivity contribution is 5.91. The van der Waals surface area contributed by atoms with Crippen molar-refractivity contribution in [1.82, 2.24) is 0 Å². The zero-order valence-electron chi connectivity index (χ0n) is 18.0. The lowest BCUT2D eigenvalue weighted by atomic mass is 9.71. The third-order valence-electron chi connectivity index (χ3n) is 8.19. The highest BCUT2D eigenvalue weighted by Gasteiger charge is 2.45. The van der Waals surface area contributed by atoms with Crippen molar-refractivity contribution in [2.75, 3.05) is 6.61 Å². The van der Waals surface area contributed by atoms with Crippen LogP contribution in [0.4, 0.5) is 0 Å². The second kappa shape index (κ2) is 7.81. The number of ether oxygens (including phenoxy) is 1. The molecule has 1 saturated heterocycles. The van der Waals surface area contributed by atoms with Gasteiger partial charge in [-0.1, -0.05) is 34.1 Å². The number of carbonyl (C=O) groups is 2. The first-order valence-corrected chi connectivity index (χ1v) is 11.0. The standard InChI is InChI=1S/C24H38O3/c1-16(8-11-23(4)10-6-7-20(23)18(3)25)17(2)13-22-21-14-19(26)9-12-24(21,5)15-27-22/h14,16-17,20,22H,6-13,15H2,1-5H3. The summed E-state index contributed by atoms with van der Waals surface area (Å²) in [7, 11) is 0. The summed E-state index contributed by atoms with van der Waals surface area (Å²) in [4.78, 5) is 23.9. The molecule has 0 N–H and O–H groups in total. The maximum atomic E-state index is 12.0. The lowest BCUT2D eigenvalue weighted by molar-refractivity contribution is -0.123. The molecule has 3 aliphatic rings. The van der Waals surface area contributed by atoms with E-state index >= 15 is 0 Å². The molecule has 1 saturated carbocycles. The molecule has 3 rings (SSSR count). The topological polar surface area (TPSA) is 43.4 Å². The monoisotopic (exact) mass is 374 g/mol. The maximum Gasteiger partial charge on any atom is 0.155 e. The third-order valence-corrected chi connectivity index (χ3v) is 8.19. The van der Waals surface area contributed by atoms with Gasteiger partial charge in [-0.2, -0.15) is 0 Å². The molecule has 152 valence electrons. The molecule has 0 amide bonds. The van der Waals surface area contributed by atoms with E-state index in [0.29, 0.717) is 24.0 Å². The minimum atomic E-state index is 0.0770. The fraction of sp³-hybridized carbons (Fsp3) is 0.833. The average molecular weight is 375 g/mol. The minimum Gasteiger partial charge on any atom is -0.373 e. The van der Waals surface area contributed by atoms with Gasteiger partial charge < -0.3 is 4.74 Å². The van der Waals surface area contributed by atoms with Crippen molar-refractivity contribution in [3.05, 3.63) is 11.6 Å². The Labute approximate surface area is 165 Å². The Morgan fingerprint density at radius 1 is 1.26 bits per heavy atom. The molecule has 1 heterocycles. The van der Waals surface area contributed by atoms with Crippen LogP contribution >= 0.6 is 0 Å². The van der Waals surface area contributed by atoms with Crippen LogP contribution in [0.3, 0.4) is 0 Å². The van der Waals surface area contributed by atoms with Gasteiger partial charge in [0.1, 0.15) is 5.78 Å². The van der Waals surface area contributed by atoms with Crippen molar-refractivity contribution in [3.63, 3.8) is 0 Å². The van der Waals surface area contributed by atoms with E-state index in [-0.39, 0.29) is 28.6 Å². The van der Waals surface area contributed by atoms with Gasteiger partial charge in [0.25, 0.3) is 0 Å². The van der Waals surface area contributed by atoms with Crippen LogP contribution < -0.4 is 0 Å². The Hall–Kier alpha value is -0.960. The molecule has 0 aromatic heterocycles. The lowest BCUT2D eigenvalue weighted by Crippen LogP contribution is -2.29. The van der Waals surface area contributed by atoms with Crippen LogP contribution in [0.5, 0.6) is 0 Å². The van der Waals surface area contributed by atoms with Gasteiger partial charge in [-0.25, -0.2) is 0 Å². The van der Waals surface area contributed by atoms with Crippen molar-refractivity contribution < 1.29 is 14.3 Å². The number of hydrogen-bond acceptors (Lipinski definition) is 3. The predicted molar refractivity (Wildman–Crippen MR) is 108 cm³/mol. The fourth-order valence-corrected chi connectivity index (χ4v) is 5.81. The molecule has 27 heavy (non-hydrogen) atoms. The summed E-state index contributed by atoms with van der Waals surface area (Å²) < 4.78 is 6.15. The van der Waals surface area contributed by atoms with Crippen LogP contribution in [0.1, 0.15) is 86.0 Å². The Morgan fingerprint density at radius 2 is 2.00 bits per heavy atom. The molecule has 1 aliphatic heterocycles. The largest absolute Gasteiger partial charge is 0.373 e. The van der Waals surface area contributed by atoms with Gasteiger partial charge in [-0.3, -0.25) is 9.59 Å². The fourth-order valence-electron chi connectivity index (χ4n) is 5.81. The molecule has 3 heteroatoms. The number of rotatable bonds is 7. The van der Waals surface area contributed by atoms with E-state index < -0.39 is 0 Å². The summed E-state index contributed by atoms with van der Waals surface area (Å²) in [5, 5.41) is 0. The highest BCUT2D eigenvalue weighted by Crippen LogP contribution is 2.49. The first-order chi connectivity index (χ1) is 12.6. The van der Waals surface area contributed by atoms with Gasteiger partial charge in [-0.15, -0.1) is 0 Å². The molecule has 3 nitrogen and oxygen atoms in total. The summed E-state index contributed by atoms with van der Waals surface area (Å²) in [6.07, 6.45) is 10.4. The van der Waals surface area contributed by atoms with Gasteiger partial charge in [0.05, 0.1) is 12.7 Å². The quantitative estimate of drug-likeness (QED) is 0.589. The smallest absolute Gasteiger partial charge is 0.155 e. The van der Waals surface area contributed by atoms with Gasteiger partial charge >= 0.3 is 0 Å². The molecular weight excluding hydrogens is 336 g/mol. The molecule has 2 aliphatic carbocycles. The van der Waals surface area contributed by atoms with Crippen LogP contribution in [0.2, 0.25) is 0 Å². The number of allylic oxidation sites excluding steroid dienone is 1. The number of carbonyl (C=O) groups excluding carboxylic acids is 2. The van der Waals surface area contributed by atoms with Crippen molar-refractivity contribution in [2.45, 2.75) is 92.1 Å². The van der Waals surface area contributed by atoms with Gasteiger partial charge in [0.2, 0.25) is 0 Å². The van der Waals surface area contributed by atoms with E-state index in [1.807, 2.05) is 6.08 Å². The zero-order valence-corrected chi connectivity index (χ0v) is 18.0. The molecule has 0 radical (unpaired) electrons. The summed E-state index contributed by atoms with van der Waals surface area (Å²) in [6.45, 7) is 11.8. The first kappa shape index (κ1) is 20.8. The highest BCUT2D eigenvalue weighted by atomic mass is 16.5. The Kier molecular flexibility index (Phi) is 6.01. The Morgan fingerprint density at radius 3 is 2.70 bits per heavy atom. The molecule has 2 fully saturated rings. The maximum absolute atomic E-state index is 12.0. The van der Waals surface area contributed by atoms with E-state index in [0.717, 1.165) is 32.3 Å². The second-order valence-electron chi connectivity index (χ2n) is 10.4. The molecule has 6 atom stereocenters. The molecule has 0 bridgehead atoms. The Bertz CT molecular complexity index is 621. The summed E-state index contributed by atoms with van der Waals surface area (Å²) >= 11 is 0. The van der Waals surface area contributed by atoms with Crippen LogP contribution in [0.25, 0.3) is 0 Å². The van der Waals surface area contributed by atoms with Crippen LogP contribution in [0.15, 0.2) is 11.6 Å². The molecule has 0 aromatic rings. The Balaban J connectivity index is 1.56. The van der Waals surface area contributed by atoms with Crippen molar-refractivity contribution >= 4 is 11.6 Å². The number of ketones is 2. The molecule has 0 spiro atoms. The summed E-state index contributed by atoms with van der Waals surface area (Å²) in [6, 6.07) is 0. The molecule has 0 aromatic carbocycles. The van der Waals surface area contributed by atoms with Crippen LogP contribution in [0, 0.1) is 28.6 Å². The lowest BCUT2D eigenvalue weighted by Gasteiger charge is -2.33. The summed E-state index contributed by atoms with van der Waals surface area (Å²) in [5.74, 6) is 2.06. The third kappa shape index (κ3) is 4.23. The number of fused-ring (bicyclic) bond motifs is 1. The average Bonchev–Trinajstić information content (AvgIpc) is 3.15. The molecular formula is C24H38O3. The number of Topliss-reactive ketones (excluding diaryl/α,β-unsaturated/α-hetero) is 1. The van der Waals surface area contributed by atoms with E-state index in [4.69, 9.17) is 4.74 Å². The van der Waals surface area contributed by atoms with E-state index in [1.54, 1.807) is 6.92 Å². The predicted octanol–water partition coefficient (Wildman–Crippen LogP) is 5.52. The first-order valence-electron chi connectivity index (χ1n) is 11.0.